The monoisotopic (exact) mass is 381 g/mol. The number of nitrogens with one attached hydrogen (secondary N) is 2. The van der Waals surface area contributed by atoms with Crippen LogP contribution in [-0.2, 0) is 0 Å². The van der Waals surface area contributed by atoms with E-state index < -0.39 is 0 Å². The highest BCUT2D eigenvalue weighted by Crippen LogP contribution is 2.24. The predicted octanol–water partition coefficient (Wildman–Crippen LogP) is 4.57. The molecule has 150 valence electrons. The van der Waals surface area contributed by atoms with Crippen molar-refractivity contribution in [1.29, 1.82) is 0 Å². The van der Waals surface area contributed by atoms with E-state index >= 15 is 0 Å². The first-order valence-corrected chi connectivity index (χ1v) is 10.4. The normalized spacial score (nSPS) is 14.7. The second-order valence-corrected chi connectivity index (χ2v) is 7.57. The number of aromatic nitrogens is 2. The summed E-state index contributed by atoms with van der Waals surface area (Å²) in [5.74, 6) is 1.09. The minimum Gasteiger partial charge on any atom is -0.372 e. The molecule has 1 aliphatic rings. The Labute approximate surface area is 167 Å². The minimum atomic E-state index is -0.224. The zero-order valence-electron chi connectivity index (χ0n) is 16.9. The van der Waals surface area contributed by atoms with E-state index in [1.807, 2.05) is 12.1 Å². The number of rotatable bonds is 8. The standard InChI is InChI=1S/C22H31N5O/c1-3-4-5-13-23-22-24-14-10-20(26-22)21(28)25-18-6-8-19(9-7-18)27-15-11-17(2)12-16-27/h6-10,14,17H,3-5,11-13,15-16H2,1-2H3,(H,25,28)(H,23,24,26). The summed E-state index contributed by atoms with van der Waals surface area (Å²) in [7, 11) is 0. The van der Waals surface area contributed by atoms with Gasteiger partial charge in [-0.2, -0.15) is 0 Å². The fraction of sp³-hybridized carbons (Fsp3) is 0.500. The maximum Gasteiger partial charge on any atom is 0.274 e. The van der Waals surface area contributed by atoms with Crippen LogP contribution in [0.15, 0.2) is 36.5 Å². The Balaban J connectivity index is 1.55. The molecule has 0 bridgehead atoms. The lowest BCUT2D eigenvalue weighted by Crippen LogP contribution is -2.32. The first-order chi connectivity index (χ1) is 13.7. The van der Waals surface area contributed by atoms with Crippen molar-refractivity contribution in [3.8, 4) is 0 Å². The maximum absolute atomic E-state index is 12.5. The number of amides is 1. The summed E-state index contributed by atoms with van der Waals surface area (Å²) in [5, 5.41) is 6.10. The summed E-state index contributed by atoms with van der Waals surface area (Å²) >= 11 is 0. The quantitative estimate of drug-likeness (QED) is 0.656. The lowest BCUT2D eigenvalue weighted by Gasteiger charge is -2.32. The zero-order valence-corrected chi connectivity index (χ0v) is 16.9. The molecule has 0 unspecified atom stereocenters. The molecule has 1 saturated heterocycles. The largest absolute Gasteiger partial charge is 0.372 e. The second kappa shape index (κ2) is 10.1. The fourth-order valence-electron chi connectivity index (χ4n) is 3.36. The van der Waals surface area contributed by atoms with E-state index in [0.29, 0.717) is 11.6 Å². The summed E-state index contributed by atoms with van der Waals surface area (Å²) in [6.07, 6.45) is 7.49. The van der Waals surface area contributed by atoms with Crippen molar-refractivity contribution >= 4 is 23.2 Å². The molecule has 2 heterocycles. The number of piperidine rings is 1. The number of hydrogen-bond acceptors (Lipinski definition) is 5. The van der Waals surface area contributed by atoms with E-state index in [1.165, 1.54) is 31.4 Å². The highest BCUT2D eigenvalue weighted by Gasteiger charge is 2.16. The molecule has 2 N–H and O–H groups in total. The van der Waals surface area contributed by atoms with Crippen molar-refractivity contribution in [2.75, 3.05) is 35.2 Å². The average molecular weight is 382 g/mol. The highest BCUT2D eigenvalue weighted by molar-refractivity contribution is 6.03. The fourth-order valence-corrected chi connectivity index (χ4v) is 3.36. The summed E-state index contributed by atoms with van der Waals surface area (Å²) < 4.78 is 0. The lowest BCUT2D eigenvalue weighted by molar-refractivity contribution is 0.102. The van der Waals surface area contributed by atoms with Crippen molar-refractivity contribution in [2.24, 2.45) is 5.92 Å². The molecule has 1 aromatic carbocycles. The first-order valence-electron chi connectivity index (χ1n) is 10.4. The van der Waals surface area contributed by atoms with Crippen LogP contribution in [0.1, 0.15) is 56.4 Å². The van der Waals surface area contributed by atoms with Gasteiger partial charge in [0.1, 0.15) is 5.69 Å². The number of nitrogens with zero attached hydrogens (tertiary/aromatic N) is 3. The third-order valence-electron chi connectivity index (χ3n) is 5.23. The van der Waals surface area contributed by atoms with Crippen LogP contribution in [0.4, 0.5) is 17.3 Å². The molecule has 0 saturated carbocycles. The first kappa shape index (κ1) is 20.1. The minimum absolute atomic E-state index is 0.224. The molecule has 1 fully saturated rings. The SMILES string of the molecule is CCCCCNc1nccc(C(=O)Nc2ccc(N3CCC(C)CC3)cc2)n1. The van der Waals surface area contributed by atoms with Crippen molar-refractivity contribution in [1.82, 2.24) is 9.97 Å². The lowest BCUT2D eigenvalue weighted by atomic mass is 9.99. The highest BCUT2D eigenvalue weighted by atomic mass is 16.1. The number of anilines is 3. The number of benzene rings is 1. The van der Waals surface area contributed by atoms with E-state index in [4.69, 9.17) is 0 Å². The Bertz CT molecular complexity index is 754. The van der Waals surface area contributed by atoms with Crippen molar-refractivity contribution in [3.05, 3.63) is 42.2 Å². The van der Waals surface area contributed by atoms with Gasteiger partial charge in [0.2, 0.25) is 5.95 Å². The Hall–Kier alpha value is -2.63. The topological polar surface area (TPSA) is 70.2 Å². The van der Waals surface area contributed by atoms with Crippen LogP contribution >= 0.6 is 0 Å². The molecule has 6 nitrogen and oxygen atoms in total. The van der Waals surface area contributed by atoms with Gasteiger partial charge in [0.05, 0.1) is 0 Å². The molecule has 6 heteroatoms. The molecular formula is C22H31N5O. The van der Waals surface area contributed by atoms with E-state index in [9.17, 15) is 4.79 Å². The predicted molar refractivity (Wildman–Crippen MR) is 115 cm³/mol. The number of carbonyl (C=O) groups excluding carboxylic acids is 1. The summed E-state index contributed by atoms with van der Waals surface area (Å²) in [6, 6.07) is 9.70. The maximum atomic E-state index is 12.5. The van der Waals surface area contributed by atoms with E-state index in [-0.39, 0.29) is 5.91 Å². The Kier molecular flexibility index (Phi) is 7.23. The average Bonchev–Trinajstić information content (AvgIpc) is 2.73. The van der Waals surface area contributed by atoms with Gasteiger partial charge in [0.15, 0.2) is 0 Å². The van der Waals surface area contributed by atoms with Crippen LogP contribution in [0.5, 0.6) is 0 Å². The summed E-state index contributed by atoms with van der Waals surface area (Å²) in [6.45, 7) is 7.50. The molecule has 1 aliphatic heterocycles. The zero-order chi connectivity index (χ0) is 19.8. The van der Waals surface area contributed by atoms with Gasteiger partial charge in [-0.15, -0.1) is 0 Å². The smallest absolute Gasteiger partial charge is 0.274 e. The number of carbonyl (C=O) groups is 1. The summed E-state index contributed by atoms with van der Waals surface area (Å²) in [5.41, 5.74) is 2.35. The van der Waals surface area contributed by atoms with Crippen LogP contribution in [0.2, 0.25) is 0 Å². The molecule has 0 atom stereocenters. The molecule has 28 heavy (non-hydrogen) atoms. The van der Waals surface area contributed by atoms with Crippen molar-refractivity contribution < 1.29 is 4.79 Å². The molecule has 0 spiro atoms. The van der Waals surface area contributed by atoms with Crippen LogP contribution in [0.25, 0.3) is 0 Å². The Morgan fingerprint density at radius 1 is 1.14 bits per heavy atom. The van der Waals surface area contributed by atoms with Gasteiger partial charge < -0.3 is 15.5 Å². The van der Waals surface area contributed by atoms with Crippen LogP contribution in [0.3, 0.4) is 0 Å². The van der Waals surface area contributed by atoms with Crippen molar-refractivity contribution in [2.45, 2.75) is 46.0 Å². The van der Waals surface area contributed by atoms with Gasteiger partial charge in [0.25, 0.3) is 5.91 Å². The molecule has 2 aromatic rings. The molecule has 0 radical (unpaired) electrons. The number of hydrogen-bond donors (Lipinski definition) is 2. The molecule has 3 rings (SSSR count). The van der Waals surface area contributed by atoms with E-state index in [2.05, 4.69) is 51.5 Å². The summed E-state index contributed by atoms with van der Waals surface area (Å²) in [4.78, 5) is 23.4. The van der Waals surface area contributed by atoms with Gasteiger partial charge in [-0.1, -0.05) is 26.7 Å². The Morgan fingerprint density at radius 2 is 1.89 bits per heavy atom. The van der Waals surface area contributed by atoms with Crippen molar-refractivity contribution in [3.63, 3.8) is 0 Å². The molecule has 1 amide bonds. The van der Waals surface area contributed by atoms with Gasteiger partial charge in [-0.05, 0) is 55.5 Å². The third-order valence-corrected chi connectivity index (χ3v) is 5.23. The molecule has 0 aliphatic carbocycles. The van der Waals surface area contributed by atoms with Gasteiger partial charge in [-0.25, -0.2) is 9.97 Å². The van der Waals surface area contributed by atoms with Gasteiger partial charge >= 0.3 is 0 Å². The van der Waals surface area contributed by atoms with Gasteiger partial charge in [-0.3, -0.25) is 4.79 Å². The van der Waals surface area contributed by atoms with E-state index in [1.54, 1.807) is 12.3 Å². The van der Waals surface area contributed by atoms with Crippen LogP contribution in [0, 0.1) is 5.92 Å². The van der Waals surface area contributed by atoms with Crippen LogP contribution < -0.4 is 15.5 Å². The van der Waals surface area contributed by atoms with Crippen LogP contribution in [-0.4, -0.2) is 35.5 Å². The Morgan fingerprint density at radius 3 is 2.61 bits per heavy atom. The molecular weight excluding hydrogens is 350 g/mol. The van der Waals surface area contributed by atoms with E-state index in [0.717, 1.165) is 37.7 Å². The number of unbranched alkanes of at least 4 members (excludes halogenated alkanes) is 2. The second-order valence-electron chi connectivity index (χ2n) is 7.57. The third kappa shape index (κ3) is 5.68. The molecule has 1 aromatic heterocycles. The van der Waals surface area contributed by atoms with Gasteiger partial charge in [0, 0.05) is 37.2 Å².